The number of piperidine rings is 1. The van der Waals surface area contributed by atoms with Gasteiger partial charge in [0.25, 0.3) is 0 Å². The SMILES string of the molecule is Cc1cc(C)c(CCl)c(N2CCC(C(C)(C)C)CC2)n1. The topological polar surface area (TPSA) is 16.1 Å². The standard InChI is InChI=1S/C17H27ClN2/c1-12-10-13(2)19-16(15(12)11-18)20-8-6-14(7-9-20)17(3,4)5/h10,14H,6-9,11H2,1-5H3. The molecule has 0 spiro atoms. The Morgan fingerprint density at radius 1 is 1.25 bits per heavy atom. The highest BCUT2D eigenvalue weighted by molar-refractivity contribution is 6.17. The van der Waals surface area contributed by atoms with Gasteiger partial charge >= 0.3 is 0 Å². The lowest BCUT2D eigenvalue weighted by atomic mass is 9.75. The van der Waals surface area contributed by atoms with Gasteiger partial charge in [0.2, 0.25) is 0 Å². The van der Waals surface area contributed by atoms with E-state index in [1.54, 1.807) is 0 Å². The zero-order chi connectivity index (χ0) is 14.9. The van der Waals surface area contributed by atoms with Crippen LogP contribution >= 0.6 is 11.6 Å². The Hall–Kier alpha value is -0.760. The van der Waals surface area contributed by atoms with E-state index in [4.69, 9.17) is 16.6 Å². The molecule has 0 saturated carbocycles. The van der Waals surface area contributed by atoms with Crippen LogP contribution in [0.4, 0.5) is 5.82 Å². The zero-order valence-electron chi connectivity index (χ0n) is 13.5. The van der Waals surface area contributed by atoms with Crippen LogP contribution < -0.4 is 4.90 Å². The maximum absolute atomic E-state index is 6.14. The van der Waals surface area contributed by atoms with Crippen LogP contribution in [-0.4, -0.2) is 18.1 Å². The van der Waals surface area contributed by atoms with Crippen LogP contribution in [0.25, 0.3) is 0 Å². The molecule has 2 rings (SSSR count). The second-order valence-corrected chi connectivity index (χ2v) is 7.41. The molecule has 0 aromatic carbocycles. The summed E-state index contributed by atoms with van der Waals surface area (Å²) in [5, 5.41) is 0. The molecule has 2 heterocycles. The second kappa shape index (κ2) is 5.93. The van der Waals surface area contributed by atoms with Gasteiger partial charge in [0.05, 0.1) is 5.88 Å². The average Bonchev–Trinajstić information content (AvgIpc) is 2.37. The molecular formula is C17H27ClN2. The Morgan fingerprint density at radius 2 is 1.85 bits per heavy atom. The Morgan fingerprint density at radius 3 is 2.35 bits per heavy atom. The Labute approximate surface area is 128 Å². The van der Waals surface area contributed by atoms with Crippen molar-refractivity contribution < 1.29 is 0 Å². The van der Waals surface area contributed by atoms with Crippen molar-refractivity contribution in [1.29, 1.82) is 0 Å². The number of rotatable bonds is 2. The molecule has 20 heavy (non-hydrogen) atoms. The summed E-state index contributed by atoms with van der Waals surface area (Å²) in [6.07, 6.45) is 2.50. The van der Waals surface area contributed by atoms with Crippen LogP contribution in [0.2, 0.25) is 0 Å². The van der Waals surface area contributed by atoms with E-state index in [0.717, 1.165) is 30.5 Å². The maximum atomic E-state index is 6.14. The fourth-order valence-electron chi connectivity index (χ4n) is 3.23. The number of nitrogens with zero attached hydrogens (tertiary/aromatic N) is 2. The van der Waals surface area contributed by atoms with E-state index in [-0.39, 0.29) is 0 Å². The number of hydrogen-bond acceptors (Lipinski definition) is 2. The fraction of sp³-hybridized carbons (Fsp3) is 0.706. The predicted molar refractivity (Wildman–Crippen MR) is 87.7 cm³/mol. The molecule has 0 amide bonds. The van der Waals surface area contributed by atoms with Crippen molar-refractivity contribution in [2.75, 3.05) is 18.0 Å². The summed E-state index contributed by atoms with van der Waals surface area (Å²) < 4.78 is 0. The lowest BCUT2D eigenvalue weighted by Crippen LogP contribution is -2.39. The van der Waals surface area contributed by atoms with Gasteiger partial charge < -0.3 is 4.90 Å². The van der Waals surface area contributed by atoms with E-state index in [2.05, 4.69) is 45.6 Å². The van der Waals surface area contributed by atoms with Crippen molar-refractivity contribution in [2.45, 2.75) is 53.3 Å². The monoisotopic (exact) mass is 294 g/mol. The molecule has 1 aliphatic rings. The molecule has 1 aliphatic heterocycles. The van der Waals surface area contributed by atoms with E-state index >= 15 is 0 Å². The molecule has 0 N–H and O–H groups in total. The smallest absolute Gasteiger partial charge is 0.133 e. The van der Waals surface area contributed by atoms with Crippen LogP contribution in [0.5, 0.6) is 0 Å². The average molecular weight is 295 g/mol. The van der Waals surface area contributed by atoms with Gasteiger partial charge in [-0.25, -0.2) is 4.98 Å². The van der Waals surface area contributed by atoms with Crippen molar-refractivity contribution in [3.63, 3.8) is 0 Å². The van der Waals surface area contributed by atoms with Crippen LogP contribution in [0.1, 0.15) is 50.4 Å². The lowest BCUT2D eigenvalue weighted by molar-refractivity contribution is 0.198. The van der Waals surface area contributed by atoms with Gasteiger partial charge in [0.15, 0.2) is 0 Å². The van der Waals surface area contributed by atoms with Crippen LogP contribution in [-0.2, 0) is 5.88 Å². The molecule has 1 aromatic heterocycles. The van der Waals surface area contributed by atoms with Gasteiger partial charge in [-0.2, -0.15) is 0 Å². The van der Waals surface area contributed by atoms with Gasteiger partial charge in [0, 0.05) is 24.3 Å². The number of aryl methyl sites for hydroxylation is 2. The van der Waals surface area contributed by atoms with Crippen molar-refractivity contribution >= 4 is 17.4 Å². The highest BCUT2D eigenvalue weighted by Gasteiger charge is 2.30. The molecule has 0 aliphatic carbocycles. The predicted octanol–water partition coefficient (Wildman–Crippen LogP) is 4.70. The van der Waals surface area contributed by atoms with E-state index in [1.807, 2.05) is 0 Å². The largest absolute Gasteiger partial charge is 0.356 e. The summed E-state index contributed by atoms with van der Waals surface area (Å²) in [6.45, 7) is 13.5. The first kappa shape index (κ1) is 15.6. The summed E-state index contributed by atoms with van der Waals surface area (Å²) in [5.74, 6) is 2.47. The Kier molecular flexibility index (Phi) is 4.63. The van der Waals surface area contributed by atoms with E-state index in [0.29, 0.717) is 11.3 Å². The van der Waals surface area contributed by atoms with Gasteiger partial charge in [-0.1, -0.05) is 20.8 Å². The molecule has 0 radical (unpaired) electrons. The van der Waals surface area contributed by atoms with E-state index in [1.165, 1.54) is 24.0 Å². The number of pyridine rings is 1. The normalized spacial score (nSPS) is 17.6. The Bertz CT molecular complexity index is 469. The minimum absolute atomic E-state index is 0.414. The van der Waals surface area contributed by atoms with Gasteiger partial charge in [0.1, 0.15) is 5.82 Å². The van der Waals surface area contributed by atoms with Gasteiger partial charge in [-0.15, -0.1) is 11.6 Å². The first-order valence-electron chi connectivity index (χ1n) is 7.61. The molecule has 0 unspecified atom stereocenters. The number of aromatic nitrogens is 1. The molecule has 0 bridgehead atoms. The summed E-state index contributed by atoms with van der Waals surface area (Å²) in [5.41, 5.74) is 3.97. The minimum atomic E-state index is 0.414. The zero-order valence-corrected chi connectivity index (χ0v) is 14.2. The number of alkyl halides is 1. The molecule has 3 heteroatoms. The van der Waals surface area contributed by atoms with Crippen LogP contribution in [0.3, 0.4) is 0 Å². The summed E-state index contributed by atoms with van der Waals surface area (Å²) in [4.78, 5) is 7.19. The molecule has 112 valence electrons. The fourth-order valence-corrected chi connectivity index (χ4v) is 3.56. The maximum Gasteiger partial charge on any atom is 0.133 e. The Balaban J connectivity index is 2.19. The summed E-state index contributed by atoms with van der Waals surface area (Å²) in [7, 11) is 0. The van der Waals surface area contributed by atoms with E-state index in [9.17, 15) is 0 Å². The molecular weight excluding hydrogens is 268 g/mol. The van der Waals surface area contributed by atoms with Crippen molar-refractivity contribution in [3.05, 3.63) is 22.9 Å². The van der Waals surface area contributed by atoms with Crippen molar-refractivity contribution in [1.82, 2.24) is 4.98 Å². The number of hydrogen-bond donors (Lipinski definition) is 0. The second-order valence-electron chi connectivity index (χ2n) is 7.14. The minimum Gasteiger partial charge on any atom is -0.356 e. The number of halogens is 1. The van der Waals surface area contributed by atoms with Crippen molar-refractivity contribution in [3.8, 4) is 0 Å². The molecule has 1 aromatic rings. The molecule has 0 atom stereocenters. The third-order valence-corrected chi connectivity index (χ3v) is 4.87. The lowest BCUT2D eigenvalue weighted by Gasteiger charge is -2.40. The van der Waals surface area contributed by atoms with E-state index < -0.39 is 0 Å². The first-order chi connectivity index (χ1) is 9.32. The summed E-state index contributed by atoms with van der Waals surface area (Å²) >= 11 is 6.14. The molecule has 1 fully saturated rings. The van der Waals surface area contributed by atoms with Crippen LogP contribution in [0, 0.1) is 25.2 Å². The highest BCUT2D eigenvalue weighted by Crippen LogP contribution is 2.36. The van der Waals surface area contributed by atoms with Gasteiger partial charge in [-0.05, 0) is 49.7 Å². The quantitative estimate of drug-likeness (QED) is 0.735. The molecule has 1 saturated heterocycles. The number of anilines is 1. The first-order valence-corrected chi connectivity index (χ1v) is 8.14. The third kappa shape index (κ3) is 3.28. The molecule has 2 nitrogen and oxygen atoms in total. The van der Waals surface area contributed by atoms with Gasteiger partial charge in [-0.3, -0.25) is 0 Å². The highest BCUT2D eigenvalue weighted by atomic mass is 35.5. The van der Waals surface area contributed by atoms with Crippen molar-refractivity contribution in [2.24, 2.45) is 11.3 Å². The van der Waals surface area contributed by atoms with Crippen LogP contribution in [0.15, 0.2) is 6.07 Å². The summed E-state index contributed by atoms with van der Waals surface area (Å²) in [6, 6.07) is 2.13. The third-order valence-electron chi connectivity index (χ3n) is 4.61.